The van der Waals surface area contributed by atoms with E-state index in [9.17, 15) is 24.0 Å². The van der Waals surface area contributed by atoms with E-state index in [0.29, 0.717) is 11.3 Å². The third-order valence-corrected chi connectivity index (χ3v) is 4.94. The summed E-state index contributed by atoms with van der Waals surface area (Å²) in [6, 6.07) is 7.90. The lowest BCUT2D eigenvalue weighted by atomic mass is 9.91. The van der Waals surface area contributed by atoms with Crippen molar-refractivity contribution in [3.8, 4) is 0 Å². The van der Waals surface area contributed by atoms with E-state index >= 15 is 0 Å². The molecule has 1 aliphatic heterocycles. The average molecular weight is 418 g/mol. The van der Waals surface area contributed by atoms with Crippen molar-refractivity contribution in [2.75, 3.05) is 19.8 Å². The lowest BCUT2D eigenvalue weighted by molar-refractivity contribution is -0.160. The quantitative estimate of drug-likeness (QED) is 0.366. The first-order valence-electron chi connectivity index (χ1n) is 9.68. The number of ether oxygens (including phenoxy) is 2. The largest absolute Gasteiger partial charge is 0.462 e. The van der Waals surface area contributed by atoms with Crippen LogP contribution in [0, 0.1) is 11.3 Å². The third kappa shape index (κ3) is 5.88. The van der Waals surface area contributed by atoms with Gasteiger partial charge in [0.15, 0.2) is 0 Å². The zero-order chi connectivity index (χ0) is 22.3. The van der Waals surface area contributed by atoms with Crippen LogP contribution in [0.5, 0.6) is 0 Å². The monoisotopic (exact) mass is 418 g/mol. The van der Waals surface area contributed by atoms with E-state index in [1.54, 1.807) is 44.2 Å². The molecule has 1 aliphatic rings. The molecular formula is C21H26N2O7. The van der Waals surface area contributed by atoms with E-state index in [-0.39, 0.29) is 19.6 Å². The average Bonchev–Trinajstić information content (AvgIpc) is 2.72. The lowest BCUT2D eigenvalue weighted by Crippen LogP contribution is -2.59. The molecule has 0 saturated carbocycles. The Balaban J connectivity index is 1.87. The molecule has 9 nitrogen and oxygen atoms in total. The van der Waals surface area contributed by atoms with Crippen molar-refractivity contribution in [2.45, 2.75) is 33.6 Å². The minimum Gasteiger partial charge on any atom is -0.462 e. The molecule has 0 bridgehead atoms. The van der Waals surface area contributed by atoms with Crippen LogP contribution < -0.4 is 5.32 Å². The minimum atomic E-state index is -1.12. The first kappa shape index (κ1) is 23.1. The lowest BCUT2D eigenvalue weighted by Gasteiger charge is -2.29. The summed E-state index contributed by atoms with van der Waals surface area (Å²) in [7, 11) is 0. The smallest absolute Gasteiger partial charge is 0.331 e. The molecule has 0 spiro atoms. The molecule has 4 amide bonds. The van der Waals surface area contributed by atoms with Crippen molar-refractivity contribution in [1.29, 1.82) is 0 Å². The van der Waals surface area contributed by atoms with Crippen LogP contribution in [0.15, 0.2) is 30.3 Å². The molecule has 1 aromatic carbocycles. The molecule has 0 aromatic heterocycles. The van der Waals surface area contributed by atoms with Gasteiger partial charge < -0.3 is 9.47 Å². The first-order chi connectivity index (χ1) is 14.2. The van der Waals surface area contributed by atoms with Crippen LogP contribution in [0.2, 0.25) is 0 Å². The Bertz CT molecular complexity index is 820. The predicted octanol–water partition coefficient (Wildman–Crippen LogP) is 1.45. The Hall–Kier alpha value is -3.23. The van der Waals surface area contributed by atoms with Crippen molar-refractivity contribution in [1.82, 2.24) is 10.2 Å². The van der Waals surface area contributed by atoms with Gasteiger partial charge in [0.05, 0.1) is 5.41 Å². The number of barbiturate groups is 1. The number of esters is 2. The number of benzene rings is 1. The Labute approximate surface area is 174 Å². The zero-order valence-electron chi connectivity index (χ0n) is 17.3. The molecule has 2 rings (SSSR count). The van der Waals surface area contributed by atoms with Crippen LogP contribution in [0.1, 0.15) is 32.8 Å². The summed E-state index contributed by atoms with van der Waals surface area (Å²) in [5, 5.41) is 2.09. The molecule has 1 N–H and O–H groups in total. The van der Waals surface area contributed by atoms with Gasteiger partial charge in [0.2, 0.25) is 11.8 Å². The maximum absolute atomic E-state index is 12.6. The fourth-order valence-corrected chi connectivity index (χ4v) is 2.64. The van der Waals surface area contributed by atoms with E-state index in [4.69, 9.17) is 9.47 Å². The number of hydrogen-bond donors (Lipinski definition) is 1. The number of rotatable bonds is 9. The molecule has 1 heterocycles. The fourth-order valence-electron chi connectivity index (χ4n) is 2.64. The van der Waals surface area contributed by atoms with Crippen LogP contribution in [0.25, 0.3) is 0 Å². The van der Waals surface area contributed by atoms with Gasteiger partial charge >= 0.3 is 18.0 Å². The van der Waals surface area contributed by atoms with Crippen LogP contribution >= 0.6 is 0 Å². The van der Waals surface area contributed by atoms with Crippen molar-refractivity contribution in [3.05, 3.63) is 35.9 Å². The number of nitrogens with one attached hydrogen (secondary N) is 1. The zero-order valence-corrected chi connectivity index (χ0v) is 17.3. The number of carbonyl (C=O) groups is 5. The Morgan fingerprint density at radius 2 is 1.70 bits per heavy atom. The van der Waals surface area contributed by atoms with Gasteiger partial charge in [-0.15, -0.1) is 0 Å². The van der Waals surface area contributed by atoms with Gasteiger partial charge in [-0.25, -0.2) is 4.79 Å². The second kappa shape index (κ2) is 10.00. The van der Waals surface area contributed by atoms with Crippen LogP contribution in [0.3, 0.4) is 0 Å². The number of hydrogen-bond acceptors (Lipinski definition) is 7. The van der Waals surface area contributed by atoms with Crippen molar-refractivity contribution in [3.63, 3.8) is 0 Å². The molecule has 9 heteroatoms. The third-order valence-electron chi connectivity index (χ3n) is 4.94. The second-order valence-electron chi connectivity index (χ2n) is 7.55. The molecule has 1 fully saturated rings. The number of imide groups is 2. The minimum absolute atomic E-state index is 0.105. The molecule has 0 radical (unpaired) electrons. The summed E-state index contributed by atoms with van der Waals surface area (Å²) < 4.78 is 10.0. The maximum Gasteiger partial charge on any atom is 0.331 e. The standard InChI is InChI=1S/C21H26N2O7/c1-4-21(2,3)19(27)30-11-10-29-16(24)13-23-18(26)15(17(25)22-20(23)28)12-14-8-6-5-7-9-14/h5-9,15H,4,10-13H2,1-3H3,(H,22,25,28). The number of amides is 4. The SMILES string of the molecule is CCC(C)(C)C(=O)OCCOC(=O)CN1C(=O)NC(=O)C(Cc2ccccc2)C1=O. The number of urea groups is 1. The topological polar surface area (TPSA) is 119 Å². The summed E-state index contributed by atoms with van der Waals surface area (Å²) in [5.74, 6) is -3.84. The van der Waals surface area contributed by atoms with Gasteiger partial charge in [0, 0.05) is 0 Å². The first-order valence-corrected chi connectivity index (χ1v) is 9.68. The van der Waals surface area contributed by atoms with E-state index < -0.39 is 47.7 Å². The highest BCUT2D eigenvalue weighted by atomic mass is 16.6. The molecule has 162 valence electrons. The Morgan fingerprint density at radius 3 is 2.33 bits per heavy atom. The van der Waals surface area contributed by atoms with Gasteiger partial charge in [0.1, 0.15) is 25.7 Å². The van der Waals surface area contributed by atoms with Crippen molar-refractivity contribution < 1.29 is 33.4 Å². The molecular weight excluding hydrogens is 392 g/mol. The van der Waals surface area contributed by atoms with Gasteiger partial charge in [-0.2, -0.15) is 0 Å². The Kier molecular flexibility index (Phi) is 7.68. The van der Waals surface area contributed by atoms with E-state index in [1.807, 2.05) is 6.92 Å². The normalized spacial score (nSPS) is 16.8. The molecule has 1 aromatic rings. The van der Waals surface area contributed by atoms with Gasteiger partial charge in [-0.1, -0.05) is 37.3 Å². The summed E-state index contributed by atoms with van der Waals surface area (Å²) in [4.78, 5) is 61.3. The highest BCUT2D eigenvalue weighted by Crippen LogP contribution is 2.21. The summed E-state index contributed by atoms with van der Waals surface area (Å²) in [6.07, 6.45) is 0.703. The Morgan fingerprint density at radius 1 is 1.07 bits per heavy atom. The van der Waals surface area contributed by atoms with Crippen LogP contribution in [0.4, 0.5) is 4.79 Å². The van der Waals surface area contributed by atoms with Crippen LogP contribution in [-0.4, -0.2) is 54.4 Å². The highest BCUT2D eigenvalue weighted by molar-refractivity contribution is 6.17. The molecule has 30 heavy (non-hydrogen) atoms. The van der Waals surface area contributed by atoms with Gasteiger partial charge in [0.25, 0.3) is 0 Å². The van der Waals surface area contributed by atoms with Crippen molar-refractivity contribution >= 4 is 29.8 Å². The van der Waals surface area contributed by atoms with Gasteiger partial charge in [-0.3, -0.25) is 29.4 Å². The summed E-state index contributed by atoms with van der Waals surface area (Å²) >= 11 is 0. The van der Waals surface area contributed by atoms with E-state index in [0.717, 1.165) is 5.56 Å². The van der Waals surface area contributed by atoms with E-state index in [2.05, 4.69) is 5.32 Å². The second-order valence-corrected chi connectivity index (χ2v) is 7.55. The fraction of sp³-hybridized carbons (Fsp3) is 0.476. The molecule has 0 aliphatic carbocycles. The number of carbonyl (C=O) groups excluding carboxylic acids is 5. The van der Waals surface area contributed by atoms with Crippen molar-refractivity contribution in [2.24, 2.45) is 11.3 Å². The molecule has 1 unspecified atom stereocenters. The predicted molar refractivity (Wildman–Crippen MR) is 105 cm³/mol. The van der Waals surface area contributed by atoms with E-state index in [1.165, 1.54) is 0 Å². The summed E-state index contributed by atoms with van der Waals surface area (Å²) in [6.45, 7) is 4.36. The van der Waals surface area contributed by atoms with Gasteiger partial charge in [-0.05, 0) is 32.3 Å². The number of nitrogens with zero attached hydrogens (tertiary/aromatic N) is 1. The molecule has 1 atom stereocenters. The molecule has 1 saturated heterocycles. The maximum atomic E-state index is 12.6. The van der Waals surface area contributed by atoms with Crippen LogP contribution in [-0.2, 0) is 35.1 Å². The summed E-state index contributed by atoms with van der Waals surface area (Å²) in [5.41, 5.74) is 0.113. The highest BCUT2D eigenvalue weighted by Gasteiger charge is 2.41.